The lowest BCUT2D eigenvalue weighted by atomic mass is 9.97. The molecule has 0 radical (unpaired) electrons. The monoisotopic (exact) mass is 315 g/mol. The van der Waals surface area contributed by atoms with E-state index in [2.05, 4.69) is 47.6 Å². The van der Waals surface area contributed by atoms with Gasteiger partial charge in [-0.2, -0.15) is 0 Å². The predicted molar refractivity (Wildman–Crippen MR) is 93.5 cm³/mol. The van der Waals surface area contributed by atoms with Crippen LogP contribution in [0.5, 0.6) is 0 Å². The van der Waals surface area contributed by atoms with Crippen molar-refractivity contribution in [1.29, 1.82) is 0 Å². The highest BCUT2D eigenvalue weighted by Crippen LogP contribution is 2.37. The molecule has 0 spiro atoms. The van der Waals surface area contributed by atoms with Crippen LogP contribution in [-0.2, 0) is 11.2 Å². The SMILES string of the molecule is CNC(=O)CN1CCC(N[C@H]2c3cc(C)ccc3C[C@H]2C)CC1. The minimum atomic E-state index is 0.116. The van der Waals surface area contributed by atoms with Gasteiger partial charge in [-0.05, 0) is 43.2 Å². The van der Waals surface area contributed by atoms with Crippen LogP contribution in [0.4, 0.5) is 0 Å². The molecule has 1 saturated heterocycles. The van der Waals surface area contributed by atoms with Gasteiger partial charge in [0.25, 0.3) is 0 Å². The maximum atomic E-state index is 11.5. The van der Waals surface area contributed by atoms with E-state index in [9.17, 15) is 4.79 Å². The molecule has 0 unspecified atom stereocenters. The van der Waals surface area contributed by atoms with Crippen LogP contribution in [0.1, 0.15) is 42.5 Å². The van der Waals surface area contributed by atoms with Crippen molar-refractivity contribution in [1.82, 2.24) is 15.5 Å². The van der Waals surface area contributed by atoms with Crippen molar-refractivity contribution in [2.45, 2.75) is 45.2 Å². The number of piperidine rings is 1. The van der Waals surface area contributed by atoms with Crippen LogP contribution in [0.25, 0.3) is 0 Å². The first-order chi connectivity index (χ1) is 11.1. The lowest BCUT2D eigenvalue weighted by Crippen LogP contribution is -2.46. The van der Waals surface area contributed by atoms with Crippen molar-refractivity contribution in [3.05, 3.63) is 34.9 Å². The van der Waals surface area contributed by atoms with Gasteiger partial charge in [-0.3, -0.25) is 9.69 Å². The molecule has 1 amide bonds. The third kappa shape index (κ3) is 3.75. The van der Waals surface area contributed by atoms with Gasteiger partial charge < -0.3 is 10.6 Å². The molecule has 1 aromatic rings. The fraction of sp³-hybridized carbons (Fsp3) is 0.632. The summed E-state index contributed by atoms with van der Waals surface area (Å²) in [6.07, 6.45) is 3.44. The van der Waals surface area contributed by atoms with Crippen LogP contribution in [0, 0.1) is 12.8 Å². The molecule has 126 valence electrons. The zero-order valence-electron chi connectivity index (χ0n) is 14.6. The highest BCUT2D eigenvalue weighted by Gasteiger charge is 2.32. The Bertz CT molecular complexity index is 564. The Hall–Kier alpha value is -1.39. The lowest BCUT2D eigenvalue weighted by molar-refractivity contribution is -0.122. The number of benzene rings is 1. The molecule has 2 N–H and O–H groups in total. The van der Waals surface area contributed by atoms with Crippen LogP contribution in [0.15, 0.2) is 18.2 Å². The summed E-state index contributed by atoms with van der Waals surface area (Å²) in [4.78, 5) is 13.7. The zero-order valence-corrected chi connectivity index (χ0v) is 14.6. The molecule has 23 heavy (non-hydrogen) atoms. The Morgan fingerprint density at radius 1 is 1.30 bits per heavy atom. The van der Waals surface area contributed by atoms with Crippen molar-refractivity contribution >= 4 is 5.91 Å². The minimum absolute atomic E-state index is 0.116. The standard InChI is InChI=1S/C19H29N3O/c1-13-4-5-15-11-14(2)19(17(15)10-13)21-16-6-8-22(9-7-16)12-18(23)20-3/h4-5,10,14,16,19,21H,6-9,11-12H2,1-3H3,(H,20,23)/t14-,19-/m1/s1. The molecule has 4 nitrogen and oxygen atoms in total. The summed E-state index contributed by atoms with van der Waals surface area (Å²) in [5, 5.41) is 6.62. The Labute approximate surface area is 139 Å². The molecule has 1 aliphatic heterocycles. The van der Waals surface area contributed by atoms with Gasteiger partial charge in [-0.25, -0.2) is 0 Å². The molecule has 1 heterocycles. The summed E-state index contributed by atoms with van der Waals surface area (Å²) >= 11 is 0. The molecule has 2 atom stereocenters. The van der Waals surface area contributed by atoms with Gasteiger partial charge in [-0.15, -0.1) is 0 Å². The predicted octanol–water partition coefficient (Wildman–Crippen LogP) is 2.03. The molecule has 4 heteroatoms. The van der Waals surface area contributed by atoms with Crippen molar-refractivity contribution in [2.75, 3.05) is 26.7 Å². The number of aryl methyl sites for hydroxylation is 1. The fourth-order valence-electron chi connectivity index (χ4n) is 4.01. The Balaban J connectivity index is 1.57. The van der Waals surface area contributed by atoms with Crippen molar-refractivity contribution < 1.29 is 4.79 Å². The van der Waals surface area contributed by atoms with Gasteiger partial charge in [0.05, 0.1) is 6.54 Å². The molecule has 0 aromatic heterocycles. The number of nitrogens with zero attached hydrogens (tertiary/aromatic N) is 1. The smallest absolute Gasteiger partial charge is 0.233 e. The first-order valence-corrected chi connectivity index (χ1v) is 8.85. The van der Waals surface area contributed by atoms with Crippen molar-refractivity contribution in [3.63, 3.8) is 0 Å². The molecule has 2 aliphatic rings. The van der Waals surface area contributed by atoms with E-state index in [0.29, 0.717) is 24.5 Å². The number of likely N-dealkylation sites (tertiary alicyclic amines) is 1. The average Bonchev–Trinajstić information content (AvgIpc) is 2.84. The van der Waals surface area contributed by atoms with Gasteiger partial charge in [0.15, 0.2) is 0 Å². The Morgan fingerprint density at radius 2 is 2.04 bits per heavy atom. The van der Waals surface area contributed by atoms with Crippen molar-refractivity contribution in [2.24, 2.45) is 5.92 Å². The zero-order chi connectivity index (χ0) is 16.4. The Kier molecular flexibility index (Phi) is 5.02. The number of fused-ring (bicyclic) bond motifs is 1. The van der Waals surface area contributed by atoms with Gasteiger partial charge in [0.1, 0.15) is 0 Å². The van der Waals surface area contributed by atoms with Gasteiger partial charge >= 0.3 is 0 Å². The van der Waals surface area contributed by atoms with Crippen LogP contribution in [-0.4, -0.2) is 43.5 Å². The van der Waals surface area contributed by atoms with E-state index in [1.54, 1.807) is 7.05 Å². The molecule has 1 aliphatic carbocycles. The maximum absolute atomic E-state index is 11.5. The van der Waals surface area contributed by atoms with Gasteiger partial charge in [-0.1, -0.05) is 30.7 Å². The number of hydrogen-bond donors (Lipinski definition) is 2. The van der Waals surface area contributed by atoms with E-state index in [0.717, 1.165) is 25.9 Å². The van der Waals surface area contributed by atoms with E-state index < -0.39 is 0 Å². The fourth-order valence-corrected chi connectivity index (χ4v) is 4.01. The van der Waals surface area contributed by atoms with Crippen LogP contribution in [0.3, 0.4) is 0 Å². The second kappa shape index (κ2) is 7.02. The number of rotatable bonds is 4. The lowest BCUT2D eigenvalue weighted by Gasteiger charge is -2.34. The number of carbonyl (C=O) groups excluding carboxylic acids is 1. The summed E-state index contributed by atoms with van der Waals surface area (Å²) in [5.74, 6) is 0.779. The molecule has 1 fully saturated rings. The number of carbonyl (C=O) groups is 1. The highest BCUT2D eigenvalue weighted by molar-refractivity contribution is 5.77. The van der Waals surface area contributed by atoms with E-state index in [1.807, 2.05) is 0 Å². The maximum Gasteiger partial charge on any atom is 0.233 e. The molecule has 0 bridgehead atoms. The molecule has 3 rings (SSSR count). The second-order valence-electron chi connectivity index (χ2n) is 7.25. The van der Waals surface area contributed by atoms with Gasteiger partial charge in [0.2, 0.25) is 5.91 Å². The van der Waals surface area contributed by atoms with E-state index in [4.69, 9.17) is 0 Å². The number of nitrogens with one attached hydrogen (secondary N) is 2. The number of amides is 1. The van der Waals surface area contributed by atoms with Crippen molar-refractivity contribution in [3.8, 4) is 0 Å². The summed E-state index contributed by atoms with van der Waals surface area (Å²) in [7, 11) is 1.71. The van der Waals surface area contributed by atoms with Crippen LogP contribution >= 0.6 is 0 Å². The third-order valence-electron chi connectivity index (χ3n) is 5.40. The summed E-state index contributed by atoms with van der Waals surface area (Å²) in [6.45, 7) is 7.08. The largest absolute Gasteiger partial charge is 0.358 e. The first-order valence-electron chi connectivity index (χ1n) is 8.85. The average molecular weight is 315 g/mol. The first kappa shape index (κ1) is 16.5. The Morgan fingerprint density at radius 3 is 2.74 bits per heavy atom. The van der Waals surface area contributed by atoms with Gasteiger partial charge in [0, 0.05) is 32.2 Å². The van der Waals surface area contributed by atoms with E-state index in [-0.39, 0.29) is 5.91 Å². The normalized spacial score (nSPS) is 25.3. The second-order valence-corrected chi connectivity index (χ2v) is 7.25. The molecule has 0 saturated carbocycles. The summed E-state index contributed by atoms with van der Waals surface area (Å²) in [5.41, 5.74) is 4.37. The van der Waals surface area contributed by atoms with Crippen LogP contribution < -0.4 is 10.6 Å². The number of hydrogen-bond acceptors (Lipinski definition) is 3. The topological polar surface area (TPSA) is 44.4 Å². The highest BCUT2D eigenvalue weighted by atomic mass is 16.1. The van der Waals surface area contributed by atoms with Crippen LogP contribution in [0.2, 0.25) is 0 Å². The van der Waals surface area contributed by atoms with E-state index >= 15 is 0 Å². The minimum Gasteiger partial charge on any atom is -0.358 e. The summed E-state index contributed by atoms with van der Waals surface area (Å²) < 4.78 is 0. The third-order valence-corrected chi connectivity index (χ3v) is 5.40. The summed E-state index contributed by atoms with van der Waals surface area (Å²) in [6, 6.07) is 7.94. The molecular formula is C19H29N3O. The van der Waals surface area contributed by atoms with E-state index in [1.165, 1.54) is 23.1 Å². The number of likely N-dealkylation sites (N-methyl/N-ethyl adjacent to an activating group) is 1. The molecular weight excluding hydrogens is 286 g/mol. The molecule has 1 aromatic carbocycles. The quantitative estimate of drug-likeness (QED) is 0.893.